The number of methoxy groups -OCH3 is 2. The Morgan fingerprint density at radius 1 is 0.919 bits per heavy atom. The van der Waals surface area contributed by atoms with Gasteiger partial charge < -0.3 is 0 Å². The molecule has 0 atom stereocenters. The molecule has 13 heteroatoms. The van der Waals surface area contributed by atoms with E-state index >= 15 is 0 Å². The molecule has 0 aromatic heterocycles. The number of hydrogen-bond acceptors (Lipinski definition) is 10. The van der Waals surface area contributed by atoms with E-state index in [2.05, 4.69) is 0 Å². The molecule has 2 rings (SSSR count). The van der Waals surface area contributed by atoms with E-state index in [4.69, 9.17) is 9.47 Å². The van der Waals surface area contributed by atoms with Crippen molar-refractivity contribution in [3.8, 4) is 17.6 Å². The van der Waals surface area contributed by atoms with Gasteiger partial charge in [0.25, 0.3) is 0 Å². The van der Waals surface area contributed by atoms with Gasteiger partial charge >= 0.3 is 215 Å². The van der Waals surface area contributed by atoms with Gasteiger partial charge in [-0.25, -0.2) is 0 Å². The topological polar surface area (TPSA) is 172 Å². The van der Waals surface area contributed by atoms with Gasteiger partial charge in [0.1, 0.15) is 0 Å². The molecule has 2 N–H and O–H groups in total. The number of ether oxygens (including phenoxy) is 2. The van der Waals surface area contributed by atoms with Crippen LogP contribution < -0.4 is 9.47 Å². The predicted molar refractivity (Wildman–Crippen MR) is 140 cm³/mol. The average Bonchev–Trinajstić information content (AvgIpc) is 2.81. The van der Waals surface area contributed by atoms with Crippen LogP contribution in [0, 0.1) is 31.6 Å². The molecule has 0 saturated heterocycles. The monoisotopic (exact) mass is 536 g/mol. The predicted octanol–water partition coefficient (Wildman–Crippen LogP) is 4.92. The van der Waals surface area contributed by atoms with Crippen molar-refractivity contribution in [1.29, 1.82) is 5.26 Å². The fourth-order valence-corrected chi connectivity index (χ4v) is 10.1. The first-order valence-electron chi connectivity index (χ1n) is 11.5. The number of rotatable bonds is 12. The van der Waals surface area contributed by atoms with Crippen LogP contribution in [0.2, 0.25) is 0 Å². The van der Waals surface area contributed by atoms with Crippen LogP contribution in [-0.2, 0) is 0 Å². The molecule has 12 nitrogen and oxygen atoms in total. The maximum atomic E-state index is 12.6. The van der Waals surface area contributed by atoms with Crippen molar-refractivity contribution in [1.82, 2.24) is 4.67 Å². The molecule has 0 heterocycles. The molecule has 2 aromatic rings. The van der Waals surface area contributed by atoms with Crippen LogP contribution in [-0.4, -0.2) is 56.8 Å². The summed E-state index contributed by atoms with van der Waals surface area (Å²) in [5.74, 6) is -0.310. The molecule has 0 aliphatic carbocycles. The van der Waals surface area contributed by atoms with E-state index < -0.39 is 52.3 Å². The SMILES string of the molecule is COc1cccc(C(c2cccc(OC)c2[N+](=O)[O-])P(O)(O)(CCC#N)N(C(C)C)C(C)C)c1[N+](=O)[O-]. The Kier molecular flexibility index (Phi) is 9.17. The Balaban J connectivity index is 3.26. The second-order valence-electron chi connectivity index (χ2n) is 9.13. The van der Waals surface area contributed by atoms with E-state index in [-0.39, 0.29) is 29.0 Å². The molecule has 0 bridgehead atoms. The summed E-state index contributed by atoms with van der Waals surface area (Å²) in [4.78, 5) is 48.5. The van der Waals surface area contributed by atoms with E-state index in [0.29, 0.717) is 0 Å². The first-order valence-corrected chi connectivity index (χ1v) is 13.9. The van der Waals surface area contributed by atoms with E-state index in [1.807, 2.05) is 6.07 Å². The van der Waals surface area contributed by atoms with Crippen LogP contribution >= 0.6 is 7.21 Å². The number of nitriles is 1. The Bertz CT molecular complexity index is 1140. The summed E-state index contributed by atoms with van der Waals surface area (Å²) < 4.78 is 11.9. The van der Waals surface area contributed by atoms with Crippen LogP contribution in [0.25, 0.3) is 0 Å². The molecule has 0 amide bonds. The van der Waals surface area contributed by atoms with Gasteiger partial charge in [-0.2, -0.15) is 0 Å². The summed E-state index contributed by atoms with van der Waals surface area (Å²) in [7, 11) is -3.03. The number of nitro groups is 2. The number of para-hydroxylation sites is 2. The van der Waals surface area contributed by atoms with Crippen molar-refractivity contribution in [2.45, 2.75) is 51.9 Å². The first-order chi connectivity index (χ1) is 17.2. The minimum absolute atomic E-state index is 0.155. The molecule has 0 radical (unpaired) electrons. The van der Waals surface area contributed by atoms with Crippen LogP contribution in [0.1, 0.15) is 50.9 Å². The van der Waals surface area contributed by atoms with Gasteiger partial charge in [-0.05, 0) is 0 Å². The molecule has 0 aliphatic rings. The van der Waals surface area contributed by atoms with Gasteiger partial charge in [-0.1, -0.05) is 0 Å². The van der Waals surface area contributed by atoms with E-state index in [0.717, 1.165) is 0 Å². The quantitative estimate of drug-likeness (QED) is 0.215. The minimum atomic E-state index is -5.49. The fourth-order valence-electron chi connectivity index (χ4n) is 5.22. The molecule has 0 aliphatic heterocycles. The third-order valence-electron chi connectivity index (χ3n) is 6.20. The van der Waals surface area contributed by atoms with Crippen molar-refractivity contribution in [3.05, 3.63) is 67.8 Å². The van der Waals surface area contributed by atoms with Gasteiger partial charge in [0.15, 0.2) is 0 Å². The van der Waals surface area contributed by atoms with Crippen molar-refractivity contribution < 1.29 is 29.1 Å². The van der Waals surface area contributed by atoms with Crippen LogP contribution in [0.15, 0.2) is 36.4 Å². The number of benzene rings is 2. The van der Waals surface area contributed by atoms with Crippen molar-refractivity contribution >= 4 is 18.6 Å². The molecular formula is C24H33N4O8P. The van der Waals surface area contributed by atoms with Gasteiger partial charge in [-0.3, -0.25) is 0 Å². The molecule has 2 aromatic carbocycles. The maximum absolute atomic E-state index is 12.6. The van der Waals surface area contributed by atoms with Crippen LogP contribution in [0.5, 0.6) is 11.5 Å². The third kappa shape index (κ3) is 5.50. The van der Waals surface area contributed by atoms with Crippen LogP contribution in [0.3, 0.4) is 0 Å². The molecule has 0 spiro atoms. The Morgan fingerprint density at radius 3 is 1.62 bits per heavy atom. The van der Waals surface area contributed by atoms with Crippen LogP contribution in [0.4, 0.5) is 11.4 Å². The summed E-state index contributed by atoms with van der Waals surface area (Å²) >= 11 is 0. The van der Waals surface area contributed by atoms with Gasteiger partial charge in [0.2, 0.25) is 0 Å². The molecule has 0 saturated carbocycles. The average molecular weight is 537 g/mol. The summed E-state index contributed by atoms with van der Waals surface area (Å²) in [6.45, 7) is 6.88. The molecule has 37 heavy (non-hydrogen) atoms. The third-order valence-corrected chi connectivity index (χ3v) is 10.8. The molecular weight excluding hydrogens is 503 g/mol. The van der Waals surface area contributed by atoms with Gasteiger partial charge in [-0.15, -0.1) is 0 Å². The van der Waals surface area contributed by atoms with E-state index in [9.17, 15) is 35.3 Å². The zero-order chi connectivity index (χ0) is 28.2. The summed E-state index contributed by atoms with van der Waals surface area (Å²) in [5, 5.41) is 34.1. The number of nitrogens with zero attached hydrogens (tertiary/aromatic N) is 4. The Morgan fingerprint density at radius 2 is 1.32 bits per heavy atom. The standard InChI is InChI=1S/C24H33N4O8P/c1-16(2)26(17(3)4)37(33,34,15-9-14-25)24(18-10-7-12-20(35-5)22(18)27(29)30)19-11-8-13-21(36-6)23(19)28(31)32/h7-8,10-13,16-17,24,33-34H,9,15H2,1-6H3. The zero-order valence-electron chi connectivity index (χ0n) is 21.7. The Labute approximate surface area is 215 Å². The normalized spacial score (nSPS) is 12.9. The fraction of sp³-hybridized carbons (Fsp3) is 0.458. The second-order valence-corrected chi connectivity index (χ2v) is 13.0. The molecule has 202 valence electrons. The van der Waals surface area contributed by atoms with Crippen molar-refractivity contribution in [2.24, 2.45) is 0 Å². The number of hydrogen-bond donors (Lipinski definition) is 2. The molecule has 0 fully saturated rings. The van der Waals surface area contributed by atoms with E-state index in [1.165, 1.54) is 55.3 Å². The van der Waals surface area contributed by atoms with Crippen molar-refractivity contribution in [2.75, 3.05) is 20.4 Å². The Hall–Kier alpha value is -3.36. The van der Waals surface area contributed by atoms with Gasteiger partial charge in [0, 0.05) is 0 Å². The molecule has 0 unspecified atom stereocenters. The van der Waals surface area contributed by atoms with Crippen molar-refractivity contribution in [3.63, 3.8) is 0 Å². The zero-order valence-corrected chi connectivity index (χ0v) is 22.6. The summed E-state index contributed by atoms with van der Waals surface area (Å²) in [6.07, 6.45) is -0.793. The second kappa shape index (κ2) is 11.4. The summed E-state index contributed by atoms with van der Waals surface area (Å²) in [5.41, 5.74) is -3.18. The first kappa shape index (κ1) is 29.9. The van der Waals surface area contributed by atoms with E-state index in [1.54, 1.807) is 27.7 Å². The van der Waals surface area contributed by atoms with Gasteiger partial charge in [0.05, 0.1) is 0 Å². The summed E-state index contributed by atoms with van der Waals surface area (Å²) in [6, 6.07) is 9.14. The number of nitro benzene ring substituents is 2.